The first-order chi connectivity index (χ1) is 11.1. The van der Waals surface area contributed by atoms with Gasteiger partial charge in [0.05, 0.1) is 18.5 Å². The lowest BCUT2D eigenvalue weighted by atomic mass is 10.0. The van der Waals surface area contributed by atoms with Crippen molar-refractivity contribution in [2.75, 3.05) is 13.2 Å². The molecular weight excluding hydrogens is 302 g/mol. The van der Waals surface area contributed by atoms with Crippen molar-refractivity contribution in [3.63, 3.8) is 0 Å². The number of hydrogen-bond acceptors (Lipinski definition) is 4. The van der Waals surface area contributed by atoms with Gasteiger partial charge < -0.3 is 15.2 Å². The van der Waals surface area contributed by atoms with Crippen molar-refractivity contribution in [1.29, 1.82) is 0 Å². The second-order valence-corrected chi connectivity index (χ2v) is 5.55. The third-order valence-electron chi connectivity index (χ3n) is 3.90. The minimum atomic E-state index is -0.844. The Morgan fingerprint density at radius 2 is 2.09 bits per heavy atom. The topological polar surface area (TPSA) is 54.4 Å². The molecule has 0 bridgehead atoms. The third-order valence-corrected chi connectivity index (χ3v) is 3.90. The molecule has 2 aromatic rings. The predicted molar refractivity (Wildman–Crippen MR) is 81.0 cm³/mol. The molecule has 0 saturated heterocycles. The van der Waals surface area contributed by atoms with E-state index in [2.05, 4.69) is 10.3 Å². The minimum absolute atomic E-state index is 0.0387. The summed E-state index contributed by atoms with van der Waals surface area (Å²) in [6.45, 7) is 0.802. The molecule has 2 N–H and O–H groups in total. The Morgan fingerprint density at radius 1 is 1.26 bits per heavy atom. The SMILES string of the molecule is OC(CNC1CCCOc2cc(F)ccc21)c1ccc(F)cn1. The van der Waals surface area contributed by atoms with Crippen molar-refractivity contribution in [1.82, 2.24) is 10.3 Å². The molecule has 2 heterocycles. The molecule has 3 rings (SSSR count). The average molecular weight is 320 g/mol. The zero-order valence-electron chi connectivity index (χ0n) is 12.5. The lowest BCUT2D eigenvalue weighted by molar-refractivity contribution is 0.164. The highest BCUT2D eigenvalue weighted by Crippen LogP contribution is 2.32. The number of fused-ring (bicyclic) bond motifs is 1. The molecule has 23 heavy (non-hydrogen) atoms. The van der Waals surface area contributed by atoms with Crippen LogP contribution in [0.4, 0.5) is 8.78 Å². The van der Waals surface area contributed by atoms with E-state index in [1.807, 2.05) is 0 Å². The Kier molecular flexibility index (Phi) is 4.83. The molecule has 0 spiro atoms. The first-order valence-electron chi connectivity index (χ1n) is 7.58. The van der Waals surface area contributed by atoms with Crippen LogP contribution in [0.1, 0.15) is 36.2 Å². The lowest BCUT2D eigenvalue weighted by Gasteiger charge is -2.20. The second-order valence-electron chi connectivity index (χ2n) is 5.55. The van der Waals surface area contributed by atoms with Gasteiger partial charge in [0.1, 0.15) is 23.5 Å². The number of pyridine rings is 1. The number of aromatic nitrogens is 1. The number of hydrogen-bond donors (Lipinski definition) is 2. The van der Waals surface area contributed by atoms with Crippen molar-refractivity contribution in [3.05, 3.63) is 59.4 Å². The van der Waals surface area contributed by atoms with Crippen LogP contribution in [0, 0.1) is 11.6 Å². The molecule has 122 valence electrons. The van der Waals surface area contributed by atoms with E-state index in [1.54, 1.807) is 6.07 Å². The van der Waals surface area contributed by atoms with Gasteiger partial charge in [0.15, 0.2) is 0 Å². The van der Waals surface area contributed by atoms with Gasteiger partial charge >= 0.3 is 0 Å². The van der Waals surface area contributed by atoms with Gasteiger partial charge in [-0.15, -0.1) is 0 Å². The van der Waals surface area contributed by atoms with Crippen LogP contribution in [0.5, 0.6) is 5.75 Å². The maximum atomic E-state index is 13.3. The fourth-order valence-electron chi connectivity index (χ4n) is 2.70. The van der Waals surface area contributed by atoms with Crippen LogP contribution in [0.2, 0.25) is 0 Å². The molecule has 0 fully saturated rings. The van der Waals surface area contributed by atoms with E-state index in [-0.39, 0.29) is 18.4 Å². The first-order valence-corrected chi connectivity index (χ1v) is 7.58. The van der Waals surface area contributed by atoms with E-state index in [1.165, 1.54) is 24.3 Å². The molecule has 0 saturated carbocycles. The van der Waals surface area contributed by atoms with Crippen LogP contribution in [-0.4, -0.2) is 23.2 Å². The van der Waals surface area contributed by atoms with Crippen molar-refractivity contribution < 1.29 is 18.6 Å². The molecule has 1 aliphatic rings. The number of halogens is 2. The summed E-state index contributed by atoms with van der Waals surface area (Å²) in [6.07, 6.45) is 1.89. The highest BCUT2D eigenvalue weighted by molar-refractivity contribution is 5.37. The fourth-order valence-corrected chi connectivity index (χ4v) is 2.70. The van der Waals surface area contributed by atoms with Crippen LogP contribution in [0.15, 0.2) is 36.5 Å². The highest BCUT2D eigenvalue weighted by Gasteiger charge is 2.21. The second kappa shape index (κ2) is 7.02. The minimum Gasteiger partial charge on any atom is -0.493 e. The summed E-state index contributed by atoms with van der Waals surface area (Å²) in [4.78, 5) is 3.88. The van der Waals surface area contributed by atoms with E-state index < -0.39 is 11.9 Å². The van der Waals surface area contributed by atoms with Gasteiger partial charge in [-0.25, -0.2) is 8.78 Å². The molecule has 0 amide bonds. The maximum absolute atomic E-state index is 13.3. The summed E-state index contributed by atoms with van der Waals surface area (Å²) in [5.41, 5.74) is 1.28. The van der Waals surface area contributed by atoms with Crippen molar-refractivity contribution in [2.24, 2.45) is 0 Å². The number of aliphatic hydroxyl groups excluding tert-OH is 1. The molecule has 0 aliphatic carbocycles. The van der Waals surface area contributed by atoms with E-state index in [9.17, 15) is 13.9 Å². The Labute approximate surface area is 133 Å². The molecular formula is C17H18F2N2O2. The summed E-state index contributed by atoms with van der Waals surface area (Å²) in [6, 6.07) is 7.18. The normalized spacial score (nSPS) is 18.7. The quantitative estimate of drug-likeness (QED) is 0.909. The predicted octanol–water partition coefficient (Wildman–Crippen LogP) is 2.90. The van der Waals surface area contributed by atoms with Crippen LogP contribution in [-0.2, 0) is 0 Å². The highest BCUT2D eigenvalue weighted by atomic mass is 19.1. The average Bonchev–Trinajstić information content (AvgIpc) is 2.75. The standard InChI is InChI=1S/C17H18F2N2O2/c18-11-3-5-13-14(2-1-7-23-17(13)8-11)21-10-16(22)15-6-4-12(19)9-20-15/h3-6,8-9,14,16,21-22H,1-2,7,10H2. The van der Waals surface area contributed by atoms with E-state index >= 15 is 0 Å². The fraction of sp³-hybridized carbons (Fsp3) is 0.353. The number of ether oxygens (including phenoxy) is 1. The molecule has 6 heteroatoms. The summed E-state index contributed by atoms with van der Waals surface area (Å²) in [5, 5.41) is 13.4. The van der Waals surface area contributed by atoms with Gasteiger partial charge in [-0.3, -0.25) is 4.98 Å². The van der Waals surface area contributed by atoms with Gasteiger partial charge in [0, 0.05) is 24.2 Å². The number of nitrogens with zero attached hydrogens (tertiary/aromatic N) is 1. The molecule has 2 unspecified atom stereocenters. The Balaban J connectivity index is 1.69. The number of benzene rings is 1. The summed E-state index contributed by atoms with van der Waals surface area (Å²) >= 11 is 0. The van der Waals surface area contributed by atoms with Gasteiger partial charge in [-0.05, 0) is 31.0 Å². The molecule has 1 aromatic carbocycles. The maximum Gasteiger partial charge on any atom is 0.141 e. The lowest BCUT2D eigenvalue weighted by Crippen LogP contribution is -2.26. The first kappa shape index (κ1) is 15.8. The summed E-state index contributed by atoms with van der Waals surface area (Å²) in [5.74, 6) is -0.236. The van der Waals surface area contributed by atoms with Crippen LogP contribution < -0.4 is 10.1 Å². The van der Waals surface area contributed by atoms with Crippen LogP contribution >= 0.6 is 0 Å². The summed E-state index contributed by atoms with van der Waals surface area (Å²) in [7, 11) is 0. The third kappa shape index (κ3) is 3.83. The van der Waals surface area contributed by atoms with Crippen molar-refractivity contribution in [3.8, 4) is 5.75 Å². The summed E-state index contributed by atoms with van der Waals surface area (Å²) < 4.78 is 31.8. The van der Waals surface area contributed by atoms with E-state index in [0.717, 1.165) is 24.6 Å². The van der Waals surface area contributed by atoms with Crippen LogP contribution in [0.3, 0.4) is 0 Å². The molecule has 4 nitrogen and oxygen atoms in total. The molecule has 0 radical (unpaired) electrons. The molecule has 1 aliphatic heterocycles. The Morgan fingerprint density at radius 3 is 2.87 bits per heavy atom. The van der Waals surface area contributed by atoms with Gasteiger partial charge in [0.25, 0.3) is 0 Å². The van der Waals surface area contributed by atoms with Gasteiger partial charge in [-0.2, -0.15) is 0 Å². The van der Waals surface area contributed by atoms with E-state index in [0.29, 0.717) is 18.1 Å². The van der Waals surface area contributed by atoms with Gasteiger partial charge in [0.2, 0.25) is 0 Å². The van der Waals surface area contributed by atoms with E-state index in [4.69, 9.17) is 4.74 Å². The monoisotopic (exact) mass is 320 g/mol. The zero-order chi connectivity index (χ0) is 16.2. The number of rotatable bonds is 4. The zero-order valence-corrected chi connectivity index (χ0v) is 12.5. The van der Waals surface area contributed by atoms with Crippen molar-refractivity contribution in [2.45, 2.75) is 25.0 Å². The van der Waals surface area contributed by atoms with Crippen molar-refractivity contribution >= 4 is 0 Å². The smallest absolute Gasteiger partial charge is 0.141 e. The van der Waals surface area contributed by atoms with Gasteiger partial charge in [-0.1, -0.05) is 6.07 Å². The Bertz CT molecular complexity index is 664. The molecule has 1 aromatic heterocycles. The molecule has 2 atom stereocenters. The number of aliphatic hydroxyl groups is 1. The number of nitrogens with one attached hydrogen (secondary N) is 1. The Hall–Kier alpha value is -2.05. The largest absolute Gasteiger partial charge is 0.493 e. The van der Waals surface area contributed by atoms with Crippen LogP contribution in [0.25, 0.3) is 0 Å².